The van der Waals surface area contributed by atoms with Crippen molar-refractivity contribution in [2.24, 2.45) is 5.92 Å². The Balaban J connectivity index is 2.39. The zero-order valence-corrected chi connectivity index (χ0v) is 11.7. The summed E-state index contributed by atoms with van der Waals surface area (Å²) in [6.07, 6.45) is 3.59. The monoisotopic (exact) mass is 262 g/mol. The molecule has 18 heavy (non-hydrogen) atoms. The molecule has 2 heterocycles. The van der Waals surface area contributed by atoms with Gasteiger partial charge in [-0.3, -0.25) is 4.98 Å². The highest BCUT2D eigenvalue weighted by molar-refractivity contribution is 7.11. The van der Waals surface area contributed by atoms with Gasteiger partial charge in [-0.05, 0) is 23.5 Å². The van der Waals surface area contributed by atoms with Gasteiger partial charge >= 0.3 is 0 Å². The van der Waals surface area contributed by atoms with E-state index >= 15 is 0 Å². The van der Waals surface area contributed by atoms with E-state index in [1.165, 1.54) is 11.5 Å². The van der Waals surface area contributed by atoms with Crippen LogP contribution in [0.2, 0.25) is 0 Å². The fourth-order valence-electron chi connectivity index (χ4n) is 1.97. The number of nitrogens with two attached hydrogens (primary N) is 1. The second-order valence-corrected chi connectivity index (χ2v) is 5.52. The van der Waals surface area contributed by atoms with Gasteiger partial charge in [0.2, 0.25) is 0 Å². The van der Waals surface area contributed by atoms with Gasteiger partial charge in [0.25, 0.3) is 0 Å². The Morgan fingerprint density at radius 3 is 2.83 bits per heavy atom. The topological polar surface area (TPSA) is 55.0 Å². The fraction of sp³-hybridized carbons (Fsp3) is 0.385. The van der Waals surface area contributed by atoms with E-state index in [4.69, 9.17) is 5.73 Å². The minimum absolute atomic E-state index is 0.582. The highest BCUT2D eigenvalue weighted by atomic mass is 32.1. The summed E-state index contributed by atoms with van der Waals surface area (Å²) in [5.74, 6) is 1.18. The van der Waals surface area contributed by atoms with Crippen LogP contribution in [0, 0.1) is 5.92 Å². The van der Waals surface area contributed by atoms with E-state index in [9.17, 15) is 0 Å². The van der Waals surface area contributed by atoms with Gasteiger partial charge in [0.15, 0.2) is 0 Å². The molecule has 0 aromatic carbocycles. The number of anilines is 2. The number of aromatic nitrogens is 2. The predicted molar refractivity (Wildman–Crippen MR) is 77.9 cm³/mol. The minimum atomic E-state index is 0.582. The SMILES string of the molecule is CC(C)CN(C)c1snc(N)c1-c1cccnc1. The van der Waals surface area contributed by atoms with Crippen LogP contribution >= 0.6 is 11.5 Å². The van der Waals surface area contributed by atoms with Crippen LogP contribution < -0.4 is 10.6 Å². The Labute approximate surface area is 112 Å². The van der Waals surface area contributed by atoms with Crippen LogP contribution in [0.25, 0.3) is 11.1 Å². The van der Waals surface area contributed by atoms with E-state index in [1.54, 1.807) is 6.20 Å². The predicted octanol–water partition coefficient (Wildman–Crippen LogP) is 2.88. The van der Waals surface area contributed by atoms with Gasteiger partial charge in [0.05, 0.1) is 5.56 Å². The van der Waals surface area contributed by atoms with Crippen molar-refractivity contribution in [2.45, 2.75) is 13.8 Å². The fourth-order valence-corrected chi connectivity index (χ4v) is 2.77. The third kappa shape index (κ3) is 2.61. The number of nitrogens with zero attached hydrogens (tertiary/aromatic N) is 3. The molecule has 0 aliphatic heterocycles. The van der Waals surface area contributed by atoms with Crippen LogP contribution in [0.1, 0.15) is 13.8 Å². The number of nitrogen functional groups attached to an aromatic ring is 1. The average Bonchev–Trinajstić information content (AvgIpc) is 2.71. The third-order valence-electron chi connectivity index (χ3n) is 2.64. The summed E-state index contributed by atoms with van der Waals surface area (Å²) >= 11 is 1.44. The largest absolute Gasteiger partial charge is 0.382 e. The van der Waals surface area contributed by atoms with Crippen molar-refractivity contribution in [3.8, 4) is 11.1 Å². The second-order valence-electron chi connectivity index (χ2n) is 4.76. The van der Waals surface area contributed by atoms with Gasteiger partial charge in [-0.25, -0.2) is 0 Å². The molecule has 2 aromatic heterocycles. The van der Waals surface area contributed by atoms with Crippen molar-refractivity contribution in [3.63, 3.8) is 0 Å². The Kier molecular flexibility index (Phi) is 3.81. The lowest BCUT2D eigenvalue weighted by Gasteiger charge is -2.20. The van der Waals surface area contributed by atoms with Crippen LogP contribution in [0.5, 0.6) is 0 Å². The lowest BCUT2D eigenvalue weighted by Crippen LogP contribution is -2.22. The standard InChI is InChI=1S/C13H18N4S/c1-9(2)8-17(3)13-11(12(14)16-18-13)10-5-4-6-15-7-10/h4-7,9H,8H2,1-3H3,(H2,14,16). The summed E-state index contributed by atoms with van der Waals surface area (Å²) < 4.78 is 4.27. The third-order valence-corrected chi connectivity index (χ3v) is 3.61. The summed E-state index contributed by atoms with van der Waals surface area (Å²) in [5, 5.41) is 1.11. The molecule has 0 amide bonds. The lowest BCUT2D eigenvalue weighted by molar-refractivity contribution is 0.641. The average molecular weight is 262 g/mol. The quantitative estimate of drug-likeness (QED) is 0.920. The molecule has 0 unspecified atom stereocenters. The van der Waals surface area contributed by atoms with Gasteiger partial charge < -0.3 is 10.6 Å². The molecule has 2 rings (SSSR count). The Morgan fingerprint density at radius 1 is 1.44 bits per heavy atom. The molecule has 2 aromatic rings. The van der Waals surface area contributed by atoms with Crippen molar-refractivity contribution >= 4 is 22.4 Å². The summed E-state index contributed by atoms with van der Waals surface area (Å²) in [4.78, 5) is 6.36. The molecular formula is C13H18N4S. The molecular weight excluding hydrogens is 244 g/mol. The van der Waals surface area contributed by atoms with E-state index in [2.05, 4.69) is 35.2 Å². The highest BCUT2D eigenvalue weighted by Crippen LogP contribution is 2.38. The Bertz CT molecular complexity index is 507. The molecule has 0 saturated carbocycles. The molecule has 0 radical (unpaired) electrons. The summed E-state index contributed by atoms with van der Waals surface area (Å²) in [6.45, 7) is 5.38. The maximum atomic E-state index is 5.99. The number of hydrogen-bond donors (Lipinski definition) is 1. The first kappa shape index (κ1) is 12.8. The number of hydrogen-bond acceptors (Lipinski definition) is 5. The zero-order valence-electron chi connectivity index (χ0n) is 10.9. The molecule has 5 heteroatoms. The summed E-state index contributed by atoms with van der Waals surface area (Å²) in [7, 11) is 2.08. The number of pyridine rings is 1. The van der Waals surface area contributed by atoms with Gasteiger partial charge in [0, 0.05) is 31.5 Å². The van der Waals surface area contributed by atoms with E-state index < -0.39 is 0 Å². The first-order chi connectivity index (χ1) is 8.59. The first-order valence-corrected chi connectivity index (χ1v) is 6.73. The van der Waals surface area contributed by atoms with Crippen molar-refractivity contribution in [3.05, 3.63) is 24.5 Å². The minimum Gasteiger partial charge on any atom is -0.382 e. The molecule has 0 aliphatic rings. The first-order valence-electron chi connectivity index (χ1n) is 5.96. The molecule has 0 bridgehead atoms. The van der Waals surface area contributed by atoms with Crippen molar-refractivity contribution < 1.29 is 0 Å². The maximum Gasteiger partial charge on any atom is 0.147 e. The van der Waals surface area contributed by atoms with Gasteiger partial charge in [-0.2, -0.15) is 4.37 Å². The summed E-state index contributed by atoms with van der Waals surface area (Å²) in [5.41, 5.74) is 8.01. The van der Waals surface area contributed by atoms with Crippen molar-refractivity contribution in [2.75, 3.05) is 24.2 Å². The second kappa shape index (κ2) is 5.35. The number of rotatable bonds is 4. The Morgan fingerprint density at radius 2 is 2.22 bits per heavy atom. The van der Waals surface area contributed by atoms with Crippen molar-refractivity contribution in [1.29, 1.82) is 0 Å². The van der Waals surface area contributed by atoms with Crippen molar-refractivity contribution in [1.82, 2.24) is 9.36 Å². The molecule has 96 valence electrons. The lowest BCUT2D eigenvalue weighted by atomic mass is 10.1. The molecule has 0 spiro atoms. The molecule has 0 aliphatic carbocycles. The van der Waals surface area contributed by atoms with E-state index in [1.807, 2.05) is 18.3 Å². The molecule has 0 atom stereocenters. The highest BCUT2D eigenvalue weighted by Gasteiger charge is 2.17. The van der Waals surface area contributed by atoms with E-state index in [0.717, 1.165) is 22.7 Å². The van der Waals surface area contributed by atoms with Crippen LogP contribution in [0.3, 0.4) is 0 Å². The van der Waals surface area contributed by atoms with Crippen LogP contribution in [-0.4, -0.2) is 22.9 Å². The van der Waals surface area contributed by atoms with E-state index in [-0.39, 0.29) is 0 Å². The molecule has 4 nitrogen and oxygen atoms in total. The molecule has 2 N–H and O–H groups in total. The van der Waals surface area contributed by atoms with Gasteiger partial charge in [-0.1, -0.05) is 19.9 Å². The summed E-state index contributed by atoms with van der Waals surface area (Å²) in [6, 6.07) is 3.93. The smallest absolute Gasteiger partial charge is 0.147 e. The maximum absolute atomic E-state index is 5.99. The van der Waals surface area contributed by atoms with Crippen LogP contribution in [0.4, 0.5) is 10.8 Å². The Hall–Kier alpha value is -1.62. The van der Waals surface area contributed by atoms with E-state index in [0.29, 0.717) is 11.7 Å². The van der Waals surface area contributed by atoms with Gasteiger partial charge in [0.1, 0.15) is 10.8 Å². The zero-order chi connectivity index (χ0) is 13.1. The molecule has 0 fully saturated rings. The van der Waals surface area contributed by atoms with Crippen LogP contribution in [-0.2, 0) is 0 Å². The van der Waals surface area contributed by atoms with Crippen LogP contribution in [0.15, 0.2) is 24.5 Å². The normalized spacial score (nSPS) is 10.9. The van der Waals surface area contributed by atoms with Gasteiger partial charge in [-0.15, -0.1) is 0 Å². The molecule has 0 saturated heterocycles.